The fourth-order valence-electron chi connectivity index (χ4n) is 4.57. The van der Waals surface area contributed by atoms with E-state index in [1.165, 1.54) is 11.8 Å². The van der Waals surface area contributed by atoms with Crippen LogP contribution in [0.2, 0.25) is 0 Å². The minimum atomic E-state index is -3.26. The van der Waals surface area contributed by atoms with E-state index in [1.807, 2.05) is 12.1 Å². The summed E-state index contributed by atoms with van der Waals surface area (Å²) in [5.41, 5.74) is -0.375. The molecule has 0 bridgehead atoms. The van der Waals surface area contributed by atoms with Crippen molar-refractivity contribution < 1.29 is 27.2 Å². The second-order valence-electron chi connectivity index (χ2n) is 8.75. The molecule has 5 rings (SSSR count). The molecule has 2 atom stereocenters. The summed E-state index contributed by atoms with van der Waals surface area (Å²) in [6, 6.07) is 16.3. The second kappa shape index (κ2) is 7.98. The molecule has 176 valence electrons. The summed E-state index contributed by atoms with van der Waals surface area (Å²) < 4.78 is 30.0. The molecular weight excluding hydrogens is 458 g/mol. The van der Waals surface area contributed by atoms with Crippen LogP contribution in [0.4, 0.5) is 10.5 Å². The van der Waals surface area contributed by atoms with Gasteiger partial charge >= 0.3 is 6.03 Å². The lowest BCUT2D eigenvalue weighted by Crippen LogP contribution is -2.48. The lowest BCUT2D eigenvalue weighted by molar-refractivity contribution is -0.134. The highest BCUT2D eigenvalue weighted by Gasteiger charge is 2.52. The first-order chi connectivity index (χ1) is 16.2. The van der Waals surface area contributed by atoms with Crippen molar-refractivity contribution in [2.24, 2.45) is 0 Å². The van der Waals surface area contributed by atoms with Gasteiger partial charge in [-0.05, 0) is 37.6 Å². The molecule has 4 amide bonds. The molecular formula is C24H23N3O6S. The molecule has 2 aliphatic heterocycles. The van der Waals surface area contributed by atoms with Crippen LogP contribution in [0.15, 0.2) is 65.1 Å². The highest BCUT2D eigenvalue weighted by molar-refractivity contribution is 7.91. The molecule has 0 aliphatic carbocycles. The molecule has 3 heterocycles. The number of furan rings is 1. The number of imide groups is 1. The average molecular weight is 482 g/mol. The first kappa shape index (κ1) is 22.1. The molecule has 0 saturated carbocycles. The Bertz CT molecular complexity index is 1370. The topological polar surface area (TPSA) is 117 Å². The number of anilines is 1. The molecule has 10 heteroatoms. The summed E-state index contributed by atoms with van der Waals surface area (Å²) in [5, 5.41) is 3.44. The van der Waals surface area contributed by atoms with Crippen molar-refractivity contribution in [3.05, 3.63) is 66.4 Å². The first-order valence-corrected chi connectivity index (χ1v) is 12.7. The Morgan fingerprint density at radius 2 is 1.85 bits per heavy atom. The van der Waals surface area contributed by atoms with Crippen LogP contribution in [0, 0.1) is 0 Å². The van der Waals surface area contributed by atoms with Crippen LogP contribution in [0.1, 0.15) is 19.1 Å². The van der Waals surface area contributed by atoms with Gasteiger partial charge in [0.15, 0.2) is 15.4 Å². The standard InChI is InChI=1S/C24H23N3O6S/c1-24(20-13-16-7-5-6-10-19(16)33-20)22(29)26(23(30)25-24)14-21(28)27(17-8-3-2-4-9-17)18-11-12-34(31,32)15-18/h2-10,13,18H,11-12,14-15H2,1H3,(H,25,30)/t18-,24-/m0/s1. The fourth-order valence-corrected chi connectivity index (χ4v) is 6.27. The second-order valence-corrected chi connectivity index (χ2v) is 11.0. The summed E-state index contributed by atoms with van der Waals surface area (Å²) in [7, 11) is -3.26. The fraction of sp³-hybridized carbons (Fsp3) is 0.292. The Morgan fingerprint density at radius 1 is 1.15 bits per heavy atom. The van der Waals surface area contributed by atoms with E-state index in [2.05, 4.69) is 5.32 Å². The number of hydrogen-bond acceptors (Lipinski definition) is 6. The van der Waals surface area contributed by atoms with Crippen molar-refractivity contribution in [1.29, 1.82) is 0 Å². The molecule has 1 aromatic heterocycles. The van der Waals surface area contributed by atoms with Gasteiger partial charge in [0.1, 0.15) is 17.9 Å². The number of amides is 4. The molecule has 0 unspecified atom stereocenters. The largest absolute Gasteiger partial charge is 0.458 e. The molecule has 2 aliphatic rings. The molecule has 0 spiro atoms. The van der Waals surface area contributed by atoms with Crippen LogP contribution in [0.5, 0.6) is 0 Å². The SMILES string of the molecule is C[C@@]1(c2cc3ccccc3o2)NC(=O)N(CC(=O)N(c2ccccc2)[C@H]2CCS(=O)(=O)C2)C1=O. The smallest absolute Gasteiger partial charge is 0.325 e. The van der Waals surface area contributed by atoms with Crippen molar-refractivity contribution in [3.8, 4) is 0 Å². The number of fused-ring (bicyclic) bond motifs is 1. The van der Waals surface area contributed by atoms with Crippen LogP contribution < -0.4 is 10.2 Å². The Labute approximate surface area is 196 Å². The monoisotopic (exact) mass is 481 g/mol. The third-order valence-electron chi connectivity index (χ3n) is 6.36. The van der Waals surface area contributed by atoms with Gasteiger partial charge in [0.25, 0.3) is 5.91 Å². The normalized spacial score (nSPS) is 23.9. The summed E-state index contributed by atoms with van der Waals surface area (Å²) in [5.74, 6) is -1.06. The van der Waals surface area contributed by atoms with E-state index in [0.717, 1.165) is 10.3 Å². The van der Waals surface area contributed by atoms with Crippen molar-refractivity contribution in [2.75, 3.05) is 23.0 Å². The molecule has 3 aromatic rings. The molecule has 34 heavy (non-hydrogen) atoms. The Hall–Kier alpha value is -3.66. The average Bonchev–Trinajstić information content (AvgIpc) is 3.46. The van der Waals surface area contributed by atoms with Gasteiger partial charge in [-0.3, -0.25) is 14.5 Å². The Balaban J connectivity index is 1.42. The number of carbonyl (C=O) groups is 3. The van der Waals surface area contributed by atoms with E-state index in [1.54, 1.807) is 48.5 Å². The predicted octanol–water partition coefficient (Wildman–Crippen LogP) is 2.42. The van der Waals surface area contributed by atoms with Gasteiger partial charge in [-0.1, -0.05) is 36.4 Å². The Kier molecular flexibility index (Phi) is 5.20. The third kappa shape index (κ3) is 3.73. The van der Waals surface area contributed by atoms with E-state index >= 15 is 0 Å². The minimum Gasteiger partial charge on any atom is -0.458 e. The molecule has 0 radical (unpaired) electrons. The maximum Gasteiger partial charge on any atom is 0.325 e. The van der Waals surface area contributed by atoms with E-state index in [4.69, 9.17) is 4.42 Å². The number of urea groups is 1. The van der Waals surface area contributed by atoms with Crippen LogP contribution >= 0.6 is 0 Å². The quantitative estimate of drug-likeness (QED) is 0.560. The summed E-state index contributed by atoms with van der Waals surface area (Å²) in [6.07, 6.45) is 0.291. The maximum atomic E-state index is 13.4. The van der Waals surface area contributed by atoms with E-state index in [0.29, 0.717) is 17.7 Å². The van der Waals surface area contributed by atoms with Gasteiger partial charge in [0.2, 0.25) is 5.91 Å². The number of benzene rings is 2. The van der Waals surface area contributed by atoms with E-state index < -0.39 is 45.8 Å². The number of hydrogen-bond donors (Lipinski definition) is 1. The van der Waals surface area contributed by atoms with Gasteiger partial charge in [0, 0.05) is 11.1 Å². The zero-order valence-corrected chi connectivity index (χ0v) is 19.2. The number of nitrogens with one attached hydrogen (secondary N) is 1. The Morgan fingerprint density at radius 3 is 2.53 bits per heavy atom. The zero-order valence-electron chi connectivity index (χ0n) is 18.4. The number of para-hydroxylation sites is 2. The summed E-state index contributed by atoms with van der Waals surface area (Å²) in [6.45, 7) is 1.01. The van der Waals surface area contributed by atoms with Crippen molar-refractivity contribution in [1.82, 2.24) is 10.2 Å². The lowest BCUT2D eigenvalue weighted by atomic mass is 9.99. The van der Waals surface area contributed by atoms with Crippen LogP contribution in [-0.2, 0) is 25.0 Å². The molecule has 2 saturated heterocycles. The summed E-state index contributed by atoms with van der Waals surface area (Å²) >= 11 is 0. The van der Waals surface area contributed by atoms with Gasteiger partial charge in [-0.25, -0.2) is 13.2 Å². The van der Waals surface area contributed by atoms with Crippen molar-refractivity contribution >= 4 is 44.3 Å². The van der Waals surface area contributed by atoms with Gasteiger partial charge in [-0.15, -0.1) is 0 Å². The summed E-state index contributed by atoms with van der Waals surface area (Å²) in [4.78, 5) is 41.8. The third-order valence-corrected chi connectivity index (χ3v) is 8.11. The van der Waals surface area contributed by atoms with Gasteiger partial charge < -0.3 is 14.6 Å². The highest BCUT2D eigenvalue weighted by atomic mass is 32.2. The number of sulfone groups is 1. The van der Waals surface area contributed by atoms with Gasteiger partial charge in [-0.2, -0.15) is 0 Å². The van der Waals surface area contributed by atoms with Crippen LogP contribution in [-0.4, -0.2) is 55.3 Å². The predicted molar refractivity (Wildman–Crippen MR) is 125 cm³/mol. The van der Waals surface area contributed by atoms with Crippen LogP contribution in [0.25, 0.3) is 11.0 Å². The van der Waals surface area contributed by atoms with Crippen LogP contribution in [0.3, 0.4) is 0 Å². The number of rotatable bonds is 5. The van der Waals surface area contributed by atoms with E-state index in [-0.39, 0.29) is 17.3 Å². The minimum absolute atomic E-state index is 0.0124. The molecule has 2 fully saturated rings. The lowest BCUT2D eigenvalue weighted by Gasteiger charge is -2.29. The van der Waals surface area contributed by atoms with Crippen molar-refractivity contribution in [3.63, 3.8) is 0 Å². The number of carbonyl (C=O) groups excluding carboxylic acids is 3. The zero-order chi connectivity index (χ0) is 24.1. The van der Waals surface area contributed by atoms with Crippen molar-refractivity contribution in [2.45, 2.75) is 24.9 Å². The van der Waals surface area contributed by atoms with Gasteiger partial charge in [0.05, 0.1) is 17.5 Å². The molecule has 2 aromatic carbocycles. The number of nitrogens with zero attached hydrogens (tertiary/aromatic N) is 2. The highest BCUT2D eigenvalue weighted by Crippen LogP contribution is 2.33. The molecule has 1 N–H and O–H groups in total. The maximum absolute atomic E-state index is 13.4. The molecule has 9 nitrogen and oxygen atoms in total. The first-order valence-electron chi connectivity index (χ1n) is 10.9. The van der Waals surface area contributed by atoms with E-state index in [9.17, 15) is 22.8 Å².